The predicted molar refractivity (Wildman–Crippen MR) is 94.5 cm³/mol. The lowest BCUT2D eigenvalue weighted by molar-refractivity contribution is -0.143. The van der Waals surface area contributed by atoms with E-state index in [-0.39, 0.29) is 29.5 Å². The summed E-state index contributed by atoms with van der Waals surface area (Å²) < 4.78 is 4.93. The predicted octanol–water partition coefficient (Wildman–Crippen LogP) is 1.70. The molecule has 2 atom stereocenters. The van der Waals surface area contributed by atoms with Crippen molar-refractivity contribution in [3.63, 3.8) is 0 Å². The van der Waals surface area contributed by atoms with Gasteiger partial charge in [0.25, 0.3) is 0 Å². The van der Waals surface area contributed by atoms with Crippen LogP contribution in [0.1, 0.15) is 51.9 Å². The van der Waals surface area contributed by atoms with E-state index in [4.69, 9.17) is 9.73 Å². The van der Waals surface area contributed by atoms with Crippen LogP contribution < -0.4 is 10.8 Å². The van der Waals surface area contributed by atoms with E-state index in [2.05, 4.69) is 10.5 Å². The molecule has 2 fully saturated rings. The van der Waals surface area contributed by atoms with Gasteiger partial charge in [-0.2, -0.15) is 0 Å². The molecule has 1 saturated carbocycles. The van der Waals surface area contributed by atoms with Crippen molar-refractivity contribution in [2.45, 2.75) is 57.9 Å². The number of nitrogens with one attached hydrogen (secondary N) is 2. The fourth-order valence-corrected chi connectivity index (χ4v) is 3.81. The normalized spacial score (nSPS) is 21.1. The van der Waals surface area contributed by atoms with E-state index in [0.29, 0.717) is 19.4 Å². The number of nitrogens with zero attached hydrogens (tertiary/aromatic N) is 2. The highest BCUT2D eigenvalue weighted by Gasteiger charge is 2.55. The van der Waals surface area contributed by atoms with Crippen molar-refractivity contribution in [1.29, 1.82) is 0 Å². The van der Waals surface area contributed by atoms with Gasteiger partial charge in [-0.3, -0.25) is 24.9 Å². The van der Waals surface area contributed by atoms with Gasteiger partial charge in [0, 0.05) is 24.9 Å². The Kier molecular flexibility index (Phi) is 5.79. The summed E-state index contributed by atoms with van der Waals surface area (Å²) in [5, 5.41) is 15.1. The molecular weight excluding hydrogens is 352 g/mol. The van der Waals surface area contributed by atoms with Gasteiger partial charge in [-0.15, -0.1) is 0 Å². The van der Waals surface area contributed by atoms with Gasteiger partial charge < -0.3 is 9.42 Å². The second kappa shape index (κ2) is 8.08. The maximum Gasteiger partial charge on any atom is 0.249 e. The highest BCUT2D eigenvalue weighted by Crippen LogP contribution is 2.55. The smallest absolute Gasteiger partial charge is 0.249 e. The van der Waals surface area contributed by atoms with E-state index < -0.39 is 17.9 Å². The zero-order valence-electron chi connectivity index (χ0n) is 15.4. The van der Waals surface area contributed by atoms with E-state index >= 15 is 0 Å². The number of hydrogen-bond acceptors (Lipinski definition) is 6. The van der Waals surface area contributed by atoms with Crippen molar-refractivity contribution in [2.75, 3.05) is 11.9 Å². The quantitative estimate of drug-likeness (QED) is 0.467. The summed E-state index contributed by atoms with van der Waals surface area (Å²) in [5.74, 6) is -1.40. The summed E-state index contributed by atoms with van der Waals surface area (Å²) in [5.41, 5.74) is 1.62. The Bertz CT molecular complexity index is 686. The molecule has 3 amide bonds. The van der Waals surface area contributed by atoms with Crippen molar-refractivity contribution in [1.82, 2.24) is 15.5 Å². The number of hydrogen-bond donors (Lipinski definition) is 3. The molecule has 9 heteroatoms. The standard InChI is InChI=1S/C18H26N4O5/c1-2-3-4-12(9-14(23)21-26)17(25)22-11-18(6-7-18)10-13(22)16(24)20-15-5-8-19-27-15/h5,8,12-13,26H,2-4,6-7,9-11H2,1H3,(H,20,24)(H,21,23)/t12-,13+/m1/s1. The molecule has 1 spiro atoms. The van der Waals surface area contributed by atoms with Gasteiger partial charge in [-0.1, -0.05) is 24.9 Å². The monoisotopic (exact) mass is 378 g/mol. The van der Waals surface area contributed by atoms with Crippen LogP contribution in [0, 0.1) is 11.3 Å². The first kappa shape index (κ1) is 19.3. The average molecular weight is 378 g/mol. The Balaban J connectivity index is 1.74. The Morgan fingerprint density at radius 3 is 2.81 bits per heavy atom. The highest BCUT2D eigenvalue weighted by molar-refractivity contribution is 5.97. The Morgan fingerprint density at radius 1 is 1.44 bits per heavy atom. The van der Waals surface area contributed by atoms with E-state index in [1.165, 1.54) is 6.20 Å². The number of carbonyl (C=O) groups is 3. The van der Waals surface area contributed by atoms with Crippen LogP contribution in [0.25, 0.3) is 0 Å². The summed E-state index contributed by atoms with van der Waals surface area (Å²) in [6.45, 7) is 2.54. The number of aromatic nitrogens is 1. The van der Waals surface area contributed by atoms with Gasteiger partial charge in [0.2, 0.25) is 23.6 Å². The first-order valence-electron chi connectivity index (χ1n) is 9.43. The molecule has 1 saturated heterocycles. The minimum absolute atomic E-state index is 0.0215. The fourth-order valence-electron chi connectivity index (χ4n) is 3.81. The van der Waals surface area contributed by atoms with Gasteiger partial charge in [-0.05, 0) is 31.1 Å². The number of unbranched alkanes of at least 4 members (excludes halogenated alkanes) is 1. The number of carbonyl (C=O) groups excluding carboxylic acids is 3. The van der Waals surface area contributed by atoms with Crippen LogP contribution >= 0.6 is 0 Å². The van der Waals surface area contributed by atoms with Crippen LogP contribution in [-0.4, -0.2) is 45.6 Å². The molecule has 148 valence electrons. The van der Waals surface area contributed by atoms with Crippen LogP contribution in [0.5, 0.6) is 0 Å². The molecule has 0 bridgehead atoms. The summed E-state index contributed by atoms with van der Waals surface area (Å²) in [6, 6.07) is 0.952. The molecule has 3 rings (SSSR count). The lowest BCUT2D eigenvalue weighted by Gasteiger charge is -2.28. The number of amides is 3. The second-order valence-corrected chi connectivity index (χ2v) is 7.63. The van der Waals surface area contributed by atoms with Crippen LogP contribution in [-0.2, 0) is 14.4 Å². The molecule has 9 nitrogen and oxygen atoms in total. The van der Waals surface area contributed by atoms with Crippen LogP contribution in [0.15, 0.2) is 16.8 Å². The van der Waals surface area contributed by atoms with E-state index in [1.807, 2.05) is 6.92 Å². The van der Waals surface area contributed by atoms with Crippen molar-refractivity contribution in [3.8, 4) is 0 Å². The van der Waals surface area contributed by atoms with Crippen molar-refractivity contribution >= 4 is 23.6 Å². The summed E-state index contributed by atoms with van der Waals surface area (Å²) >= 11 is 0. The van der Waals surface area contributed by atoms with Crippen LogP contribution in [0.4, 0.5) is 5.88 Å². The summed E-state index contributed by atoms with van der Waals surface area (Å²) in [7, 11) is 0. The highest BCUT2D eigenvalue weighted by atomic mass is 16.5. The van der Waals surface area contributed by atoms with Gasteiger partial charge >= 0.3 is 0 Å². The van der Waals surface area contributed by atoms with Crippen LogP contribution in [0.3, 0.4) is 0 Å². The molecule has 0 aromatic carbocycles. The average Bonchev–Trinajstić information content (AvgIpc) is 3.05. The first-order chi connectivity index (χ1) is 13.0. The van der Waals surface area contributed by atoms with E-state index in [9.17, 15) is 14.4 Å². The number of rotatable bonds is 8. The molecule has 2 aliphatic rings. The SMILES string of the molecule is CCCC[C@H](CC(=O)NO)C(=O)N1CC2(CC2)C[C@H]1C(=O)Nc1ccno1. The minimum Gasteiger partial charge on any atom is -0.338 e. The lowest BCUT2D eigenvalue weighted by atomic mass is 9.96. The van der Waals surface area contributed by atoms with E-state index in [1.54, 1.807) is 16.4 Å². The van der Waals surface area contributed by atoms with Gasteiger partial charge in [0.1, 0.15) is 6.04 Å². The molecule has 0 unspecified atom stereocenters. The number of likely N-dealkylation sites (tertiary alicyclic amines) is 1. The third-order valence-corrected chi connectivity index (χ3v) is 5.55. The zero-order chi connectivity index (χ0) is 19.4. The molecule has 1 aliphatic carbocycles. The van der Waals surface area contributed by atoms with Crippen LogP contribution in [0.2, 0.25) is 0 Å². The van der Waals surface area contributed by atoms with Crippen molar-refractivity contribution in [3.05, 3.63) is 12.3 Å². The number of hydroxylamine groups is 1. The lowest BCUT2D eigenvalue weighted by Crippen LogP contribution is -2.46. The maximum atomic E-state index is 13.2. The molecule has 1 aliphatic heterocycles. The Morgan fingerprint density at radius 2 is 2.22 bits per heavy atom. The topological polar surface area (TPSA) is 125 Å². The van der Waals surface area contributed by atoms with Gasteiger partial charge in [0.15, 0.2) is 0 Å². The largest absolute Gasteiger partial charge is 0.338 e. The molecular formula is C18H26N4O5. The Hall–Kier alpha value is -2.42. The van der Waals surface area contributed by atoms with Crippen molar-refractivity contribution < 1.29 is 24.1 Å². The van der Waals surface area contributed by atoms with Crippen molar-refractivity contribution in [2.24, 2.45) is 11.3 Å². The summed E-state index contributed by atoms with van der Waals surface area (Å²) in [6.07, 6.45) is 6.19. The molecule has 0 radical (unpaired) electrons. The fraction of sp³-hybridized carbons (Fsp3) is 0.667. The molecule has 2 heterocycles. The first-order valence-corrected chi connectivity index (χ1v) is 9.43. The zero-order valence-corrected chi connectivity index (χ0v) is 15.4. The van der Waals surface area contributed by atoms with E-state index in [0.717, 1.165) is 25.7 Å². The second-order valence-electron chi connectivity index (χ2n) is 7.63. The maximum absolute atomic E-state index is 13.2. The minimum atomic E-state index is -0.591. The molecule has 1 aromatic rings. The third-order valence-electron chi connectivity index (χ3n) is 5.55. The summed E-state index contributed by atoms with van der Waals surface area (Å²) in [4.78, 5) is 39.2. The third kappa shape index (κ3) is 4.47. The van der Waals surface area contributed by atoms with Gasteiger partial charge in [0.05, 0.1) is 6.20 Å². The number of anilines is 1. The van der Waals surface area contributed by atoms with Gasteiger partial charge in [-0.25, -0.2) is 5.48 Å². The molecule has 27 heavy (non-hydrogen) atoms. The Labute approximate surface area is 157 Å². The molecule has 1 aromatic heterocycles. The molecule has 3 N–H and O–H groups in total.